The average molecular weight is 341 g/mol. The Hall–Kier alpha value is -2.55. The highest BCUT2D eigenvalue weighted by Gasteiger charge is 2.27. The first-order valence-corrected chi connectivity index (χ1v) is 8.86. The van der Waals surface area contributed by atoms with Crippen molar-refractivity contribution in [2.75, 3.05) is 19.6 Å². The first-order chi connectivity index (χ1) is 12.0. The molecule has 2 rings (SSSR count). The molecule has 1 heterocycles. The molecule has 0 spiro atoms. The van der Waals surface area contributed by atoms with Crippen LogP contribution in [-0.4, -0.2) is 42.4 Å². The molecule has 1 unspecified atom stereocenters. The van der Waals surface area contributed by atoms with Crippen molar-refractivity contribution in [3.05, 3.63) is 35.4 Å². The van der Waals surface area contributed by atoms with Gasteiger partial charge >= 0.3 is 0 Å². The average Bonchev–Trinajstić information content (AvgIpc) is 3.07. The molecule has 1 aromatic rings. The van der Waals surface area contributed by atoms with Gasteiger partial charge in [-0.15, -0.1) is 0 Å². The molecule has 1 aromatic carbocycles. The van der Waals surface area contributed by atoms with Gasteiger partial charge < -0.3 is 15.5 Å². The third-order valence-electron chi connectivity index (χ3n) is 4.15. The number of nitrogens with one attached hydrogen (secondary N) is 2. The molecule has 0 aromatic heterocycles. The van der Waals surface area contributed by atoms with Gasteiger partial charge in [-0.1, -0.05) is 26.0 Å². The molecule has 1 atom stereocenters. The highest BCUT2D eigenvalue weighted by molar-refractivity contribution is 5.81. The molecule has 0 bridgehead atoms. The van der Waals surface area contributed by atoms with Crippen LogP contribution >= 0.6 is 0 Å². The third-order valence-corrected chi connectivity index (χ3v) is 4.15. The highest BCUT2D eigenvalue weighted by Crippen LogP contribution is 2.13. The van der Waals surface area contributed by atoms with E-state index in [4.69, 9.17) is 5.26 Å². The zero-order valence-corrected chi connectivity index (χ0v) is 15.2. The van der Waals surface area contributed by atoms with Gasteiger partial charge in [-0.05, 0) is 31.0 Å². The molecule has 1 saturated heterocycles. The van der Waals surface area contributed by atoms with E-state index in [2.05, 4.69) is 21.7 Å². The predicted molar refractivity (Wildman–Crippen MR) is 98.9 cm³/mol. The lowest BCUT2D eigenvalue weighted by molar-refractivity contribution is -0.133. The summed E-state index contributed by atoms with van der Waals surface area (Å²) >= 11 is 0. The summed E-state index contributed by atoms with van der Waals surface area (Å²) in [5.41, 5.74) is 1.64. The Labute approximate surface area is 149 Å². The second-order valence-corrected chi connectivity index (χ2v) is 6.58. The van der Waals surface area contributed by atoms with Gasteiger partial charge in [-0.2, -0.15) is 5.26 Å². The molecular formula is C19H27N5O. The molecule has 1 amide bonds. The van der Waals surface area contributed by atoms with E-state index in [1.165, 1.54) is 0 Å². The largest absolute Gasteiger partial charge is 0.357 e. The molecule has 0 saturated carbocycles. The number of carbonyl (C=O) groups is 1. The summed E-state index contributed by atoms with van der Waals surface area (Å²) in [6, 6.07) is 9.84. The van der Waals surface area contributed by atoms with E-state index in [-0.39, 0.29) is 17.9 Å². The van der Waals surface area contributed by atoms with Crippen LogP contribution in [0.2, 0.25) is 0 Å². The lowest BCUT2D eigenvalue weighted by Gasteiger charge is -2.20. The summed E-state index contributed by atoms with van der Waals surface area (Å²) in [5.74, 6) is 0.987. The molecular weight excluding hydrogens is 314 g/mol. The quantitative estimate of drug-likeness (QED) is 0.633. The van der Waals surface area contributed by atoms with Crippen molar-refractivity contribution in [3.63, 3.8) is 0 Å². The van der Waals surface area contributed by atoms with Crippen LogP contribution in [0, 0.1) is 17.2 Å². The Balaban J connectivity index is 1.96. The van der Waals surface area contributed by atoms with Crippen LogP contribution in [0.1, 0.15) is 38.3 Å². The van der Waals surface area contributed by atoms with Crippen molar-refractivity contribution < 1.29 is 4.79 Å². The van der Waals surface area contributed by atoms with E-state index in [0.29, 0.717) is 18.7 Å². The minimum atomic E-state index is 0.0352. The summed E-state index contributed by atoms with van der Waals surface area (Å²) in [6.07, 6.45) is 0.923. The fourth-order valence-electron chi connectivity index (χ4n) is 2.87. The monoisotopic (exact) mass is 341 g/mol. The van der Waals surface area contributed by atoms with Gasteiger partial charge in [0.15, 0.2) is 5.96 Å². The Morgan fingerprint density at radius 3 is 2.96 bits per heavy atom. The van der Waals surface area contributed by atoms with Crippen LogP contribution in [0.3, 0.4) is 0 Å². The fourth-order valence-corrected chi connectivity index (χ4v) is 2.87. The van der Waals surface area contributed by atoms with E-state index in [1.54, 1.807) is 6.07 Å². The van der Waals surface area contributed by atoms with Crippen LogP contribution in [0.15, 0.2) is 29.3 Å². The van der Waals surface area contributed by atoms with Gasteiger partial charge in [-0.3, -0.25) is 4.79 Å². The van der Waals surface area contributed by atoms with E-state index in [1.807, 2.05) is 43.9 Å². The maximum atomic E-state index is 12.1. The summed E-state index contributed by atoms with van der Waals surface area (Å²) in [6.45, 7) is 8.67. The minimum absolute atomic E-state index is 0.0352. The molecule has 1 aliphatic rings. The number of carbonyl (C=O) groups excluding carboxylic acids is 1. The lowest BCUT2D eigenvalue weighted by atomic mass is 10.1. The zero-order valence-electron chi connectivity index (χ0n) is 15.2. The zero-order chi connectivity index (χ0) is 18.2. The number of hydrogen-bond donors (Lipinski definition) is 2. The van der Waals surface area contributed by atoms with Gasteiger partial charge in [0.2, 0.25) is 5.91 Å². The van der Waals surface area contributed by atoms with E-state index in [9.17, 15) is 4.79 Å². The highest BCUT2D eigenvalue weighted by atomic mass is 16.2. The maximum absolute atomic E-state index is 12.1. The first-order valence-electron chi connectivity index (χ1n) is 8.86. The molecule has 25 heavy (non-hydrogen) atoms. The van der Waals surface area contributed by atoms with Gasteiger partial charge in [-0.25, -0.2) is 4.99 Å². The second-order valence-electron chi connectivity index (χ2n) is 6.58. The Morgan fingerprint density at radius 1 is 1.48 bits per heavy atom. The van der Waals surface area contributed by atoms with Gasteiger partial charge in [0.05, 0.1) is 18.2 Å². The first kappa shape index (κ1) is 18.8. The molecule has 0 radical (unpaired) electrons. The van der Waals surface area contributed by atoms with Crippen LogP contribution in [-0.2, 0) is 11.3 Å². The second kappa shape index (κ2) is 9.07. The number of amides is 1. The van der Waals surface area contributed by atoms with Crippen molar-refractivity contribution in [1.82, 2.24) is 15.5 Å². The predicted octanol–water partition coefficient (Wildman–Crippen LogP) is 1.87. The number of hydrogen-bond acceptors (Lipinski definition) is 3. The summed E-state index contributed by atoms with van der Waals surface area (Å²) in [4.78, 5) is 18.6. The minimum Gasteiger partial charge on any atom is -0.357 e. The number of nitrogens with zero attached hydrogens (tertiary/aromatic N) is 3. The summed E-state index contributed by atoms with van der Waals surface area (Å²) < 4.78 is 0. The smallest absolute Gasteiger partial charge is 0.225 e. The SMILES string of the molecule is CCNC(=NCc1cccc(C#N)c1)NC1CCN(C(=O)C(C)C)C1. The number of nitriles is 1. The van der Waals surface area contributed by atoms with E-state index >= 15 is 0 Å². The molecule has 0 aliphatic carbocycles. The molecule has 134 valence electrons. The topological polar surface area (TPSA) is 80.5 Å². The van der Waals surface area contributed by atoms with Crippen LogP contribution in [0.5, 0.6) is 0 Å². The van der Waals surface area contributed by atoms with Crippen molar-refractivity contribution in [2.24, 2.45) is 10.9 Å². The molecule has 6 heteroatoms. The van der Waals surface area contributed by atoms with Crippen molar-refractivity contribution >= 4 is 11.9 Å². The Bertz CT molecular complexity index is 662. The Morgan fingerprint density at radius 2 is 2.28 bits per heavy atom. The number of benzene rings is 1. The van der Waals surface area contributed by atoms with Gasteiger partial charge in [0, 0.05) is 31.6 Å². The normalized spacial score (nSPS) is 17.5. The van der Waals surface area contributed by atoms with Crippen LogP contribution in [0.4, 0.5) is 0 Å². The standard InChI is InChI=1S/C19H27N5O/c1-4-21-19(22-12-16-7-5-6-15(10-16)11-20)23-17-8-9-24(13-17)18(25)14(2)3/h5-7,10,14,17H,4,8-9,12-13H2,1-3H3,(H2,21,22,23). The molecule has 2 N–H and O–H groups in total. The summed E-state index contributed by atoms with van der Waals surface area (Å²) in [7, 11) is 0. The lowest BCUT2D eigenvalue weighted by Crippen LogP contribution is -2.45. The molecule has 6 nitrogen and oxygen atoms in total. The van der Waals surface area contributed by atoms with Crippen molar-refractivity contribution in [2.45, 2.75) is 39.8 Å². The van der Waals surface area contributed by atoms with Crippen LogP contribution in [0.25, 0.3) is 0 Å². The number of likely N-dealkylation sites (tertiary alicyclic amines) is 1. The third kappa shape index (κ3) is 5.49. The van der Waals surface area contributed by atoms with Crippen molar-refractivity contribution in [1.29, 1.82) is 5.26 Å². The fraction of sp³-hybridized carbons (Fsp3) is 0.526. The summed E-state index contributed by atoms with van der Waals surface area (Å²) in [5, 5.41) is 15.6. The van der Waals surface area contributed by atoms with Crippen LogP contribution < -0.4 is 10.6 Å². The number of guanidine groups is 1. The van der Waals surface area contributed by atoms with E-state index < -0.39 is 0 Å². The maximum Gasteiger partial charge on any atom is 0.225 e. The molecule has 1 fully saturated rings. The number of rotatable bonds is 5. The number of aliphatic imine (C=N–C) groups is 1. The van der Waals surface area contributed by atoms with E-state index in [0.717, 1.165) is 31.0 Å². The Kier molecular flexibility index (Phi) is 6.81. The van der Waals surface area contributed by atoms with Crippen molar-refractivity contribution in [3.8, 4) is 6.07 Å². The molecule has 1 aliphatic heterocycles. The van der Waals surface area contributed by atoms with Gasteiger partial charge in [0.25, 0.3) is 0 Å². The van der Waals surface area contributed by atoms with Gasteiger partial charge in [0.1, 0.15) is 0 Å².